The number of benzene rings is 3. The molecule has 5 rings (SSSR count). The number of amidine groups is 1. The number of carbonyl (C=O) groups is 1. The van der Waals surface area contributed by atoms with Crippen LogP contribution >= 0.6 is 24.0 Å². The summed E-state index contributed by atoms with van der Waals surface area (Å²) in [6.45, 7) is 7.75. The number of thiocarbonyl (C=S) groups is 1. The monoisotopic (exact) mass is 667 g/mol. The largest absolute Gasteiger partial charge is 0.573 e. The van der Waals surface area contributed by atoms with Gasteiger partial charge in [-0.05, 0) is 87.4 Å². The molecule has 238 valence electrons. The van der Waals surface area contributed by atoms with E-state index in [4.69, 9.17) is 17.0 Å². The number of anilines is 1. The SMILES string of the molecule is Cc1ccc(OC(C)(C)C)c(N2C(=O)CS/C2=N\C(=S)N/N=C/c2ccc(-c3ncn(-c4ccc(OC(F)(F)F)cc4)n3)cc2)c1. The highest BCUT2D eigenvalue weighted by molar-refractivity contribution is 8.15. The van der Waals surface area contributed by atoms with Crippen molar-refractivity contribution in [1.29, 1.82) is 0 Å². The van der Waals surface area contributed by atoms with Gasteiger partial charge in [0.15, 0.2) is 11.0 Å². The maximum absolute atomic E-state index is 12.9. The molecule has 0 radical (unpaired) electrons. The molecule has 4 aromatic rings. The number of carbonyl (C=O) groups excluding carboxylic acids is 1. The Bertz CT molecular complexity index is 1800. The standard InChI is InChI=1S/C31H28F3N7O3S2/c1-19-5-14-25(44-30(2,3)4)24(15-19)41-26(42)17-46-29(41)37-28(45)38-36-16-20-6-8-21(9-7-20)27-35-18-40(39-27)22-10-12-23(13-11-22)43-31(32,33)34/h5-16,18H,17H2,1-4H3,(H,38,45)/b36-16+,37-29-. The summed E-state index contributed by atoms with van der Waals surface area (Å²) in [7, 11) is 0. The Morgan fingerprint density at radius 3 is 2.43 bits per heavy atom. The van der Waals surface area contributed by atoms with Gasteiger partial charge >= 0.3 is 6.36 Å². The third-order valence-electron chi connectivity index (χ3n) is 6.10. The number of rotatable bonds is 7. The molecule has 1 N–H and O–H groups in total. The van der Waals surface area contributed by atoms with Crippen LogP contribution in [0.3, 0.4) is 0 Å². The minimum absolute atomic E-state index is 0.0776. The molecule has 0 unspecified atom stereocenters. The van der Waals surface area contributed by atoms with Crippen LogP contribution in [-0.4, -0.2) is 54.9 Å². The lowest BCUT2D eigenvalue weighted by atomic mass is 10.1. The van der Waals surface area contributed by atoms with Crippen LogP contribution < -0.4 is 19.8 Å². The molecule has 1 aliphatic heterocycles. The zero-order chi connectivity index (χ0) is 33.1. The highest BCUT2D eigenvalue weighted by Crippen LogP contribution is 2.37. The first-order chi connectivity index (χ1) is 21.7. The third kappa shape index (κ3) is 8.48. The molecule has 46 heavy (non-hydrogen) atoms. The van der Waals surface area contributed by atoms with Crippen LogP contribution in [0.15, 0.2) is 83.2 Å². The quantitative estimate of drug-likeness (QED) is 0.133. The highest BCUT2D eigenvalue weighted by Gasteiger charge is 2.33. The molecule has 0 atom stereocenters. The fourth-order valence-corrected chi connectivity index (χ4v) is 5.28. The Labute approximate surface area is 272 Å². The summed E-state index contributed by atoms with van der Waals surface area (Å²) >= 11 is 6.66. The number of nitrogens with zero attached hydrogens (tertiary/aromatic N) is 6. The lowest BCUT2D eigenvalue weighted by molar-refractivity contribution is -0.274. The Morgan fingerprint density at radius 1 is 1.04 bits per heavy atom. The van der Waals surface area contributed by atoms with E-state index in [2.05, 4.69) is 30.3 Å². The van der Waals surface area contributed by atoms with Gasteiger partial charge < -0.3 is 9.47 Å². The van der Waals surface area contributed by atoms with Crippen molar-refractivity contribution in [2.75, 3.05) is 10.7 Å². The fourth-order valence-electron chi connectivity index (χ4n) is 4.21. The zero-order valence-corrected chi connectivity index (χ0v) is 26.7. The van der Waals surface area contributed by atoms with Gasteiger partial charge in [0.2, 0.25) is 11.0 Å². The molecule has 3 aromatic carbocycles. The van der Waals surface area contributed by atoms with Crippen LogP contribution in [0.4, 0.5) is 18.9 Å². The Balaban J connectivity index is 1.22. The van der Waals surface area contributed by atoms with Crippen LogP contribution in [0, 0.1) is 6.92 Å². The zero-order valence-electron chi connectivity index (χ0n) is 25.1. The van der Waals surface area contributed by atoms with Crippen LogP contribution in [0.25, 0.3) is 17.1 Å². The first-order valence-electron chi connectivity index (χ1n) is 13.8. The van der Waals surface area contributed by atoms with Crippen molar-refractivity contribution < 1.29 is 27.4 Å². The molecule has 15 heteroatoms. The summed E-state index contributed by atoms with van der Waals surface area (Å²) < 4.78 is 48.7. The summed E-state index contributed by atoms with van der Waals surface area (Å²) in [4.78, 5) is 23.1. The number of halogens is 3. The van der Waals surface area contributed by atoms with Crippen molar-refractivity contribution in [1.82, 2.24) is 20.2 Å². The average Bonchev–Trinajstić information content (AvgIpc) is 3.60. The summed E-state index contributed by atoms with van der Waals surface area (Å²) in [5, 5.41) is 9.08. The maximum Gasteiger partial charge on any atom is 0.573 e. The number of thioether (sulfide) groups is 1. The van der Waals surface area contributed by atoms with Gasteiger partial charge in [-0.25, -0.2) is 9.67 Å². The summed E-state index contributed by atoms with van der Waals surface area (Å²) in [6.07, 6.45) is -1.74. The van der Waals surface area contributed by atoms with Gasteiger partial charge in [-0.1, -0.05) is 42.1 Å². The minimum atomic E-state index is -4.76. The maximum atomic E-state index is 12.9. The number of hydrazone groups is 1. The third-order valence-corrected chi connectivity index (χ3v) is 7.21. The molecule has 1 saturated heterocycles. The Kier molecular flexibility index (Phi) is 9.44. The van der Waals surface area contributed by atoms with Crippen molar-refractivity contribution in [3.05, 3.63) is 84.2 Å². The van der Waals surface area contributed by atoms with E-state index < -0.39 is 12.0 Å². The van der Waals surface area contributed by atoms with E-state index in [1.807, 2.05) is 45.9 Å². The van der Waals surface area contributed by atoms with Gasteiger partial charge in [-0.2, -0.15) is 10.1 Å². The van der Waals surface area contributed by atoms with E-state index in [0.29, 0.717) is 28.1 Å². The fraction of sp³-hybridized carbons (Fsp3) is 0.226. The number of aromatic nitrogens is 3. The van der Waals surface area contributed by atoms with Gasteiger partial charge in [0.05, 0.1) is 23.3 Å². The number of hydrogen-bond donors (Lipinski definition) is 1. The topological polar surface area (TPSA) is 106 Å². The van der Waals surface area contributed by atoms with E-state index in [1.54, 1.807) is 30.5 Å². The van der Waals surface area contributed by atoms with E-state index in [1.165, 1.54) is 51.9 Å². The molecule has 1 aliphatic rings. The first kappa shape index (κ1) is 32.6. The van der Waals surface area contributed by atoms with Gasteiger partial charge in [-0.15, -0.1) is 18.3 Å². The van der Waals surface area contributed by atoms with Crippen molar-refractivity contribution in [2.45, 2.75) is 39.7 Å². The van der Waals surface area contributed by atoms with Gasteiger partial charge in [0.1, 0.15) is 23.4 Å². The smallest absolute Gasteiger partial charge is 0.486 e. The summed E-state index contributed by atoms with van der Waals surface area (Å²) in [5.41, 5.74) is 5.81. The van der Waals surface area contributed by atoms with Crippen LogP contribution in [0.2, 0.25) is 0 Å². The van der Waals surface area contributed by atoms with Crippen molar-refractivity contribution in [2.24, 2.45) is 10.1 Å². The number of alkyl halides is 3. The molecule has 0 bridgehead atoms. The molecule has 1 amide bonds. The van der Waals surface area contributed by atoms with Gasteiger partial charge in [0.25, 0.3) is 0 Å². The van der Waals surface area contributed by atoms with Crippen LogP contribution in [-0.2, 0) is 4.79 Å². The summed E-state index contributed by atoms with van der Waals surface area (Å²) in [6, 6.07) is 18.2. The predicted molar refractivity (Wildman–Crippen MR) is 176 cm³/mol. The van der Waals surface area contributed by atoms with E-state index in [9.17, 15) is 18.0 Å². The molecule has 0 saturated carbocycles. The number of aliphatic imine (C=N–C) groups is 1. The average molecular weight is 668 g/mol. The highest BCUT2D eigenvalue weighted by atomic mass is 32.2. The van der Waals surface area contributed by atoms with Crippen LogP contribution in [0.5, 0.6) is 11.5 Å². The number of amides is 1. The molecular formula is C31H28F3N7O3S2. The lowest BCUT2D eigenvalue weighted by Crippen LogP contribution is -2.32. The molecule has 0 spiro atoms. The van der Waals surface area contributed by atoms with Gasteiger partial charge in [-0.3, -0.25) is 15.1 Å². The number of aryl methyl sites for hydroxylation is 1. The summed E-state index contributed by atoms with van der Waals surface area (Å²) in [5.74, 6) is 0.751. The normalized spacial score (nSPS) is 14.7. The molecule has 1 fully saturated rings. The Hall–Kier alpha value is -4.76. The van der Waals surface area contributed by atoms with Crippen molar-refractivity contribution in [3.63, 3.8) is 0 Å². The number of ether oxygens (including phenoxy) is 2. The molecule has 1 aromatic heterocycles. The second kappa shape index (κ2) is 13.3. The molecule has 10 nitrogen and oxygen atoms in total. The predicted octanol–water partition coefficient (Wildman–Crippen LogP) is 6.66. The van der Waals surface area contributed by atoms with Crippen molar-refractivity contribution >= 4 is 52.1 Å². The first-order valence-corrected chi connectivity index (χ1v) is 15.2. The van der Waals surface area contributed by atoms with Crippen LogP contribution in [0.1, 0.15) is 31.9 Å². The second-order valence-electron chi connectivity index (χ2n) is 10.9. The molecular weight excluding hydrogens is 640 g/mol. The van der Waals surface area contributed by atoms with E-state index in [0.717, 1.165) is 16.7 Å². The molecule has 2 heterocycles. The Morgan fingerprint density at radius 2 is 1.76 bits per heavy atom. The van der Waals surface area contributed by atoms with Crippen molar-refractivity contribution in [3.8, 4) is 28.6 Å². The van der Waals surface area contributed by atoms with E-state index in [-0.39, 0.29) is 22.5 Å². The van der Waals surface area contributed by atoms with E-state index >= 15 is 0 Å². The molecule has 0 aliphatic carbocycles. The second-order valence-corrected chi connectivity index (χ2v) is 12.3. The lowest BCUT2D eigenvalue weighted by Gasteiger charge is -2.26. The number of nitrogens with one attached hydrogen (secondary N) is 1. The minimum Gasteiger partial charge on any atom is -0.486 e. The number of hydrogen-bond acceptors (Lipinski definition) is 8. The van der Waals surface area contributed by atoms with Gasteiger partial charge in [0, 0.05) is 5.56 Å².